The molecule has 1 aromatic heterocycles. The van der Waals surface area contributed by atoms with E-state index in [1.165, 1.54) is 12.1 Å². The number of alkyl halides is 3. The highest BCUT2D eigenvalue weighted by atomic mass is 19.4. The van der Waals surface area contributed by atoms with Crippen LogP contribution >= 0.6 is 0 Å². The number of rotatable bonds is 4. The second-order valence-corrected chi connectivity index (χ2v) is 8.77. The third-order valence-electron chi connectivity index (χ3n) is 6.39. The molecule has 2 fully saturated rings. The zero-order valence-corrected chi connectivity index (χ0v) is 18.9. The third kappa shape index (κ3) is 5.31. The zero-order chi connectivity index (χ0) is 23.6. The van der Waals surface area contributed by atoms with Gasteiger partial charge < -0.3 is 19.6 Å². The number of nitrogens with zero attached hydrogens (tertiary/aromatic N) is 6. The quantitative estimate of drug-likeness (QED) is 0.696. The molecule has 0 radical (unpaired) electrons. The van der Waals surface area contributed by atoms with Crippen molar-refractivity contribution < 1.29 is 18.0 Å². The Morgan fingerprint density at radius 2 is 1.64 bits per heavy atom. The first kappa shape index (κ1) is 23.1. The van der Waals surface area contributed by atoms with Gasteiger partial charge in [0.2, 0.25) is 5.91 Å². The van der Waals surface area contributed by atoms with Crippen LogP contribution in [0.15, 0.2) is 36.4 Å². The maximum Gasteiger partial charge on any atom is 0.416 e. The van der Waals surface area contributed by atoms with Crippen LogP contribution in [0.5, 0.6) is 0 Å². The first-order valence-electron chi connectivity index (χ1n) is 11.2. The second kappa shape index (κ2) is 9.44. The average molecular weight is 463 g/mol. The van der Waals surface area contributed by atoms with Crippen molar-refractivity contribution >= 4 is 23.2 Å². The molecule has 0 aliphatic carbocycles. The largest absolute Gasteiger partial charge is 0.416 e. The van der Waals surface area contributed by atoms with Crippen LogP contribution in [0.1, 0.15) is 18.4 Å². The van der Waals surface area contributed by atoms with Crippen LogP contribution in [0.25, 0.3) is 0 Å². The summed E-state index contributed by atoms with van der Waals surface area (Å²) in [7, 11) is 3.83. The maximum absolute atomic E-state index is 13.1. The monoisotopic (exact) mass is 462 g/mol. The van der Waals surface area contributed by atoms with E-state index in [-0.39, 0.29) is 11.8 Å². The summed E-state index contributed by atoms with van der Waals surface area (Å²) >= 11 is 0. The Morgan fingerprint density at radius 1 is 0.939 bits per heavy atom. The van der Waals surface area contributed by atoms with E-state index in [0.717, 1.165) is 43.6 Å². The number of carbonyl (C=O) groups is 1. The predicted octanol–water partition coefficient (Wildman–Crippen LogP) is 3.13. The summed E-state index contributed by atoms with van der Waals surface area (Å²) in [6.45, 7) is 3.59. The van der Waals surface area contributed by atoms with Crippen molar-refractivity contribution in [3.8, 4) is 0 Å². The number of amides is 1. The summed E-state index contributed by atoms with van der Waals surface area (Å²) in [5, 5.41) is 8.53. The number of hydrogen-bond acceptors (Lipinski definition) is 6. The van der Waals surface area contributed by atoms with Gasteiger partial charge in [0.1, 0.15) is 0 Å². The van der Waals surface area contributed by atoms with Gasteiger partial charge in [-0.05, 0) is 43.2 Å². The van der Waals surface area contributed by atoms with Crippen molar-refractivity contribution in [2.75, 3.05) is 68.1 Å². The Labute approximate surface area is 191 Å². The molecule has 1 aromatic carbocycles. The van der Waals surface area contributed by atoms with Crippen molar-refractivity contribution in [2.24, 2.45) is 5.92 Å². The summed E-state index contributed by atoms with van der Waals surface area (Å²) in [6, 6.07) is 9.28. The fourth-order valence-electron chi connectivity index (χ4n) is 4.40. The Kier molecular flexibility index (Phi) is 6.62. The standard InChI is InChI=1S/C23H29F3N6O/c1-29(2)20-6-7-21(28-27-20)31-10-8-17(9-11-31)22(33)32-14-12-30(13-15-32)19-5-3-4-18(16-19)23(24,25)26/h3-7,16-17H,8-15H2,1-2H3. The molecule has 2 aromatic rings. The molecule has 2 aliphatic rings. The highest BCUT2D eigenvalue weighted by Crippen LogP contribution is 2.32. The molecule has 1 amide bonds. The van der Waals surface area contributed by atoms with Gasteiger partial charge in [0.15, 0.2) is 11.6 Å². The van der Waals surface area contributed by atoms with Gasteiger partial charge in [-0.3, -0.25) is 4.79 Å². The van der Waals surface area contributed by atoms with E-state index in [4.69, 9.17) is 0 Å². The molecule has 0 bridgehead atoms. The molecular weight excluding hydrogens is 433 g/mol. The highest BCUT2D eigenvalue weighted by molar-refractivity contribution is 5.79. The molecule has 178 valence electrons. The summed E-state index contributed by atoms with van der Waals surface area (Å²) in [5.74, 6) is 1.73. The van der Waals surface area contributed by atoms with Gasteiger partial charge in [-0.15, -0.1) is 10.2 Å². The van der Waals surface area contributed by atoms with Crippen molar-refractivity contribution in [2.45, 2.75) is 19.0 Å². The Hall–Kier alpha value is -3.04. The van der Waals surface area contributed by atoms with Crippen LogP contribution in [-0.2, 0) is 11.0 Å². The molecule has 7 nitrogen and oxygen atoms in total. The van der Waals surface area contributed by atoms with Gasteiger partial charge in [-0.2, -0.15) is 13.2 Å². The first-order valence-corrected chi connectivity index (χ1v) is 11.2. The lowest BCUT2D eigenvalue weighted by Gasteiger charge is -2.39. The Bertz CT molecular complexity index is 949. The first-order chi connectivity index (χ1) is 15.7. The Balaban J connectivity index is 1.28. The van der Waals surface area contributed by atoms with Gasteiger partial charge >= 0.3 is 6.18 Å². The van der Waals surface area contributed by atoms with E-state index < -0.39 is 11.7 Å². The van der Waals surface area contributed by atoms with E-state index in [1.807, 2.05) is 40.9 Å². The minimum atomic E-state index is -4.36. The number of halogens is 3. The maximum atomic E-state index is 13.1. The van der Waals surface area contributed by atoms with Crippen LogP contribution in [-0.4, -0.2) is 74.4 Å². The minimum Gasteiger partial charge on any atom is -0.368 e. The average Bonchev–Trinajstić information content (AvgIpc) is 2.83. The lowest BCUT2D eigenvalue weighted by atomic mass is 9.95. The molecule has 33 heavy (non-hydrogen) atoms. The van der Waals surface area contributed by atoms with Crippen molar-refractivity contribution in [1.29, 1.82) is 0 Å². The lowest BCUT2D eigenvalue weighted by molar-refractivity contribution is -0.137. The number of benzene rings is 1. The number of carbonyl (C=O) groups excluding carboxylic acids is 1. The molecule has 4 rings (SSSR count). The topological polar surface area (TPSA) is 55.8 Å². The summed E-state index contributed by atoms with van der Waals surface area (Å²) in [4.78, 5) is 20.9. The van der Waals surface area contributed by atoms with Crippen molar-refractivity contribution in [3.05, 3.63) is 42.0 Å². The van der Waals surface area contributed by atoms with Gasteiger partial charge in [0, 0.05) is 65.0 Å². The van der Waals surface area contributed by atoms with E-state index >= 15 is 0 Å². The van der Waals surface area contributed by atoms with E-state index in [1.54, 1.807) is 6.07 Å². The molecule has 0 atom stereocenters. The SMILES string of the molecule is CN(C)c1ccc(N2CCC(C(=O)N3CCN(c4cccc(C(F)(F)F)c4)CC3)CC2)nn1. The summed E-state index contributed by atoms with van der Waals surface area (Å²) in [5.41, 5.74) is -0.0991. The van der Waals surface area contributed by atoms with Crippen LogP contribution < -0.4 is 14.7 Å². The predicted molar refractivity (Wildman–Crippen MR) is 122 cm³/mol. The molecule has 0 unspecified atom stereocenters. The zero-order valence-electron chi connectivity index (χ0n) is 18.9. The summed E-state index contributed by atoms with van der Waals surface area (Å²) in [6.07, 6.45) is -2.85. The van der Waals surface area contributed by atoms with Crippen molar-refractivity contribution in [1.82, 2.24) is 15.1 Å². The molecule has 0 N–H and O–H groups in total. The van der Waals surface area contributed by atoms with E-state index in [2.05, 4.69) is 15.1 Å². The summed E-state index contributed by atoms with van der Waals surface area (Å²) < 4.78 is 39.0. The van der Waals surface area contributed by atoms with Gasteiger partial charge in [0.05, 0.1) is 5.56 Å². The van der Waals surface area contributed by atoms with E-state index in [9.17, 15) is 18.0 Å². The minimum absolute atomic E-state index is 0.0321. The fourth-order valence-corrected chi connectivity index (χ4v) is 4.40. The molecule has 2 aliphatic heterocycles. The molecule has 0 saturated carbocycles. The van der Waals surface area contributed by atoms with Gasteiger partial charge in [-0.25, -0.2) is 0 Å². The molecular formula is C23H29F3N6O. The second-order valence-electron chi connectivity index (χ2n) is 8.77. The third-order valence-corrected chi connectivity index (χ3v) is 6.39. The van der Waals surface area contributed by atoms with Crippen LogP contribution in [0.2, 0.25) is 0 Å². The van der Waals surface area contributed by atoms with Gasteiger partial charge in [0.25, 0.3) is 0 Å². The lowest BCUT2D eigenvalue weighted by Crippen LogP contribution is -2.51. The number of hydrogen-bond donors (Lipinski definition) is 0. The number of anilines is 3. The molecule has 0 spiro atoms. The highest BCUT2D eigenvalue weighted by Gasteiger charge is 2.33. The Morgan fingerprint density at radius 3 is 2.21 bits per heavy atom. The van der Waals surface area contributed by atoms with E-state index in [0.29, 0.717) is 31.9 Å². The van der Waals surface area contributed by atoms with Crippen LogP contribution in [0.3, 0.4) is 0 Å². The number of piperidine rings is 1. The normalized spacial score (nSPS) is 17.9. The smallest absolute Gasteiger partial charge is 0.368 e. The molecule has 10 heteroatoms. The molecule has 3 heterocycles. The number of piperazine rings is 1. The number of aromatic nitrogens is 2. The molecule has 2 saturated heterocycles. The van der Waals surface area contributed by atoms with Crippen LogP contribution in [0, 0.1) is 5.92 Å². The van der Waals surface area contributed by atoms with Gasteiger partial charge in [-0.1, -0.05) is 6.07 Å². The van der Waals surface area contributed by atoms with Crippen molar-refractivity contribution in [3.63, 3.8) is 0 Å². The van der Waals surface area contributed by atoms with Crippen LogP contribution in [0.4, 0.5) is 30.5 Å². The fraction of sp³-hybridized carbons (Fsp3) is 0.522.